The zero-order chi connectivity index (χ0) is 22.1. The molecule has 0 aliphatic heterocycles. The highest BCUT2D eigenvalue weighted by molar-refractivity contribution is 7.85. The normalized spacial score (nSPS) is 13.7. The van der Waals surface area contributed by atoms with Crippen LogP contribution in [0.5, 0.6) is 0 Å². The molecule has 0 unspecified atom stereocenters. The lowest BCUT2D eigenvalue weighted by Gasteiger charge is -2.21. The number of carbonyl (C=O) groups excluding carboxylic acids is 2. The summed E-state index contributed by atoms with van der Waals surface area (Å²) in [5, 5.41) is 14.3. The Morgan fingerprint density at radius 2 is 1.73 bits per heavy atom. The van der Waals surface area contributed by atoms with E-state index in [9.17, 15) is 28.1 Å². The van der Waals surface area contributed by atoms with E-state index in [0.29, 0.717) is 10.5 Å². The summed E-state index contributed by atoms with van der Waals surface area (Å²) in [7, 11) is -1.42. The Balaban J connectivity index is 2.04. The maximum atomic E-state index is 13.4. The molecule has 3 atom stereocenters. The second-order valence-corrected chi connectivity index (χ2v) is 8.21. The van der Waals surface area contributed by atoms with Gasteiger partial charge in [0.05, 0.1) is 10.8 Å². The number of hydrogen-bond donors (Lipinski definition) is 3. The summed E-state index contributed by atoms with van der Waals surface area (Å²) in [4.78, 5) is 36.3. The van der Waals surface area contributed by atoms with E-state index >= 15 is 0 Å². The fraction of sp³-hybridized carbons (Fsp3) is 0.286. The molecular weight excluding hydrogens is 411 g/mol. The van der Waals surface area contributed by atoms with E-state index in [1.54, 1.807) is 36.4 Å². The molecule has 2 aromatic rings. The number of nitrogens with one attached hydrogen (secondary N) is 2. The van der Waals surface area contributed by atoms with Crippen molar-refractivity contribution in [2.45, 2.75) is 36.7 Å². The van der Waals surface area contributed by atoms with Gasteiger partial charge in [-0.15, -0.1) is 0 Å². The molecule has 0 radical (unpaired) electrons. The Morgan fingerprint density at radius 1 is 1.03 bits per heavy atom. The van der Waals surface area contributed by atoms with Crippen LogP contribution in [0.1, 0.15) is 18.9 Å². The quantitative estimate of drug-likeness (QED) is 0.526. The number of carboxylic acids is 1. The van der Waals surface area contributed by atoms with Gasteiger partial charge in [-0.3, -0.25) is 13.8 Å². The van der Waals surface area contributed by atoms with Gasteiger partial charge in [-0.1, -0.05) is 30.3 Å². The number of amides is 2. The Labute approximate surface area is 176 Å². The van der Waals surface area contributed by atoms with Gasteiger partial charge >= 0.3 is 5.97 Å². The molecule has 0 aliphatic carbocycles. The van der Waals surface area contributed by atoms with Gasteiger partial charge in [0.2, 0.25) is 11.8 Å². The number of carboxylic acid groups (broad SMARTS) is 1. The van der Waals surface area contributed by atoms with Gasteiger partial charge < -0.3 is 15.7 Å². The minimum absolute atomic E-state index is 0.00847. The van der Waals surface area contributed by atoms with Gasteiger partial charge in [0.1, 0.15) is 17.9 Å². The number of rotatable bonds is 10. The first-order valence-corrected chi connectivity index (χ1v) is 10.6. The third-order valence-corrected chi connectivity index (χ3v) is 5.64. The molecule has 0 saturated carbocycles. The van der Waals surface area contributed by atoms with Gasteiger partial charge in [-0.2, -0.15) is 0 Å². The highest BCUT2D eigenvalue weighted by atomic mass is 32.2. The van der Waals surface area contributed by atoms with Crippen LogP contribution in [0.25, 0.3) is 0 Å². The second-order valence-electron chi connectivity index (χ2n) is 6.64. The molecule has 2 rings (SSSR count). The van der Waals surface area contributed by atoms with Crippen LogP contribution in [0.3, 0.4) is 0 Å². The molecule has 0 aliphatic rings. The second kappa shape index (κ2) is 11.2. The lowest BCUT2D eigenvalue weighted by atomic mass is 10.0. The van der Waals surface area contributed by atoms with Crippen LogP contribution in [-0.2, 0) is 31.6 Å². The summed E-state index contributed by atoms with van der Waals surface area (Å²) in [5.74, 6) is -2.92. The molecule has 0 spiro atoms. The smallest absolute Gasteiger partial charge is 0.326 e. The van der Waals surface area contributed by atoms with Crippen molar-refractivity contribution in [2.24, 2.45) is 0 Å². The average molecular weight is 434 g/mol. The Hall–Kier alpha value is -3.07. The van der Waals surface area contributed by atoms with Crippen molar-refractivity contribution in [1.82, 2.24) is 10.6 Å². The first kappa shape index (κ1) is 23.2. The molecule has 0 fully saturated rings. The van der Waals surface area contributed by atoms with Gasteiger partial charge in [0, 0.05) is 24.0 Å². The summed E-state index contributed by atoms with van der Waals surface area (Å²) < 4.78 is 25.7. The number of carbonyl (C=O) groups is 3. The van der Waals surface area contributed by atoms with Crippen molar-refractivity contribution in [3.8, 4) is 0 Å². The van der Waals surface area contributed by atoms with Crippen molar-refractivity contribution in [3.63, 3.8) is 0 Å². The van der Waals surface area contributed by atoms with Crippen molar-refractivity contribution in [3.05, 3.63) is 66.0 Å². The van der Waals surface area contributed by atoms with E-state index < -0.39 is 46.5 Å². The Kier molecular flexibility index (Phi) is 8.67. The summed E-state index contributed by atoms with van der Waals surface area (Å²) in [6.07, 6.45) is -0.0687. The minimum Gasteiger partial charge on any atom is -0.480 e. The number of benzene rings is 2. The van der Waals surface area contributed by atoms with Gasteiger partial charge in [0.25, 0.3) is 0 Å². The SMILES string of the molecule is CC(=O)N[C@@H](Cc1cccc(F)c1)C(=O)N[C@H](CC[S@@](=O)c1ccccc1)C(=O)O. The third-order valence-electron chi connectivity index (χ3n) is 4.24. The molecule has 0 aromatic heterocycles. The fourth-order valence-corrected chi connectivity index (χ4v) is 3.95. The lowest BCUT2D eigenvalue weighted by molar-refractivity contribution is -0.142. The molecule has 0 saturated heterocycles. The van der Waals surface area contributed by atoms with Crippen LogP contribution in [0.15, 0.2) is 59.5 Å². The molecular formula is C21H23FN2O5S. The van der Waals surface area contributed by atoms with E-state index in [0.717, 1.165) is 0 Å². The van der Waals surface area contributed by atoms with Crippen LogP contribution in [0.2, 0.25) is 0 Å². The van der Waals surface area contributed by atoms with Crippen LogP contribution >= 0.6 is 0 Å². The summed E-state index contributed by atoms with van der Waals surface area (Å²) in [5.41, 5.74) is 0.473. The molecule has 2 aromatic carbocycles. The van der Waals surface area contributed by atoms with Crippen LogP contribution in [-0.4, -0.2) is 44.9 Å². The topological polar surface area (TPSA) is 113 Å². The molecule has 30 heavy (non-hydrogen) atoms. The first-order valence-electron chi connectivity index (χ1n) is 9.24. The molecule has 160 valence electrons. The number of aliphatic carboxylic acids is 1. The lowest BCUT2D eigenvalue weighted by Crippen LogP contribution is -2.52. The van der Waals surface area contributed by atoms with E-state index in [1.807, 2.05) is 0 Å². The number of hydrogen-bond acceptors (Lipinski definition) is 4. The minimum atomic E-state index is -1.42. The van der Waals surface area contributed by atoms with Crippen molar-refractivity contribution in [2.75, 3.05) is 5.75 Å². The van der Waals surface area contributed by atoms with E-state index in [1.165, 1.54) is 25.1 Å². The highest BCUT2D eigenvalue weighted by Gasteiger charge is 2.26. The number of halogens is 1. The Bertz CT molecular complexity index is 923. The highest BCUT2D eigenvalue weighted by Crippen LogP contribution is 2.10. The zero-order valence-corrected chi connectivity index (χ0v) is 17.2. The van der Waals surface area contributed by atoms with Crippen molar-refractivity contribution < 1.29 is 28.1 Å². The molecule has 0 heterocycles. The van der Waals surface area contributed by atoms with Gasteiger partial charge in [0.15, 0.2) is 0 Å². The van der Waals surface area contributed by atoms with E-state index in [-0.39, 0.29) is 18.6 Å². The predicted molar refractivity (Wildman–Crippen MR) is 110 cm³/mol. The molecule has 7 nitrogen and oxygen atoms in total. The van der Waals surface area contributed by atoms with Gasteiger partial charge in [-0.25, -0.2) is 9.18 Å². The van der Waals surface area contributed by atoms with Crippen LogP contribution in [0, 0.1) is 5.82 Å². The van der Waals surface area contributed by atoms with Crippen LogP contribution < -0.4 is 10.6 Å². The fourth-order valence-electron chi connectivity index (χ4n) is 2.80. The molecule has 9 heteroatoms. The van der Waals surface area contributed by atoms with Crippen LogP contribution in [0.4, 0.5) is 4.39 Å². The summed E-state index contributed by atoms with van der Waals surface area (Å²) >= 11 is 0. The van der Waals surface area contributed by atoms with E-state index in [4.69, 9.17) is 0 Å². The first-order chi connectivity index (χ1) is 14.3. The zero-order valence-electron chi connectivity index (χ0n) is 16.3. The average Bonchev–Trinajstić information content (AvgIpc) is 2.70. The standard InChI is InChI=1S/C21H23FN2O5S/c1-14(25)23-19(13-15-6-5-7-16(22)12-15)20(26)24-18(21(27)28)10-11-30(29)17-8-3-2-4-9-17/h2-9,12,18-19H,10-11,13H2,1H3,(H,23,25)(H,24,26)(H,27,28)/t18-,19+,30-/m1/s1. The maximum absolute atomic E-state index is 13.4. The maximum Gasteiger partial charge on any atom is 0.326 e. The monoisotopic (exact) mass is 434 g/mol. The van der Waals surface area contributed by atoms with Gasteiger partial charge in [-0.05, 0) is 36.2 Å². The summed E-state index contributed by atoms with van der Waals surface area (Å²) in [6, 6.07) is 11.8. The largest absolute Gasteiger partial charge is 0.480 e. The molecule has 3 N–H and O–H groups in total. The third kappa shape index (κ3) is 7.40. The van der Waals surface area contributed by atoms with E-state index in [2.05, 4.69) is 10.6 Å². The molecule has 2 amide bonds. The van der Waals surface area contributed by atoms with Crippen molar-refractivity contribution >= 4 is 28.6 Å². The Morgan fingerprint density at radius 3 is 2.33 bits per heavy atom. The summed E-state index contributed by atoms with van der Waals surface area (Å²) in [6.45, 7) is 1.23. The van der Waals surface area contributed by atoms with Crippen molar-refractivity contribution in [1.29, 1.82) is 0 Å². The molecule has 0 bridgehead atoms. The predicted octanol–water partition coefficient (Wildman–Crippen LogP) is 1.64.